The number of nitrogens with zero attached hydrogens (tertiary/aromatic N) is 2. The topological polar surface area (TPSA) is 64.0 Å². The van der Waals surface area contributed by atoms with Gasteiger partial charge in [0.05, 0.1) is 6.54 Å². The van der Waals surface area contributed by atoms with Crippen LogP contribution in [0.5, 0.6) is 0 Å². The number of aliphatic hydroxyl groups is 2. The van der Waals surface area contributed by atoms with Crippen molar-refractivity contribution in [2.45, 2.75) is 31.5 Å². The molecule has 2 saturated heterocycles. The lowest BCUT2D eigenvalue weighted by molar-refractivity contribution is -0.187. The Bertz CT molecular complexity index is 249. The molecule has 2 amide bonds. The molecule has 2 rings (SSSR count). The highest BCUT2D eigenvalue weighted by Crippen LogP contribution is 2.20. The second kappa shape index (κ2) is 3.98. The van der Waals surface area contributed by atoms with Crippen molar-refractivity contribution in [2.75, 3.05) is 26.2 Å². The predicted octanol–water partition coefficient (Wildman–Crippen LogP) is -0.0211. The molecule has 86 valence electrons. The summed E-state index contributed by atoms with van der Waals surface area (Å²) in [5.41, 5.74) is 0. The number of urea groups is 1. The maximum absolute atomic E-state index is 11.9. The first-order chi connectivity index (χ1) is 7.08. The molecule has 2 heterocycles. The van der Waals surface area contributed by atoms with E-state index in [1.54, 1.807) is 9.80 Å². The Morgan fingerprint density at radius 1 is 1.00 bits per heavy atom. The number of piperidine rings is 1. The van der Waals surface area contributed by atoms with E-state index < -0.39 is 5.79 Å². The van der Waals surface area contributed by atoms with Crippen molar-refractivity contribution >= 4 is 6.03 Å². The molecule has 0 aromatic carbocycles. The zero-order valence-electron chi connectivity index (χ0n) is 8.85. The summed E-state index contributed by atoms with van der Waals surface area (Å²) in [5.74, 6) is -1.69. The molecule has 2 aliphatic rings. The van der Waals surface area contributed by atoms with E-state index in [4.69, 9.17) is 0 Å². The van der Waals surface area contributed by atoms with E-state index in [0.717, 1.165) is 25.9 Å². The van der Waals surface area contributed by atoms with E-state index >= 15 is 0 Å². The van der Waals surface area contributed by atoms with Gasteiger partial charge in [-0.1, -0.05) is 0 Å². The summed E-state index contributed by atoms with van der Waals surface area (Å²) in [4.78, 5) is 15.3. The number of β-amino-alcohol motifs (C(OH)–C–C–N with tert-alkyl or cyclic N) is 2. The van der Waals surface area contributed by atoms with Crippen molar-refractivity contribution in [3.8, 4) is 0 Å². The van der Waals surface area contributed by atoms with Crippen LogP contribution in [0.25, 0.3) is 0 Å². The highest BCUT2D eigenvalue weighted by atomic mass is 16.5. The van der Waals surface area contributed by atoms with Crippen LogP contribution in [-0.2, 0) is 0 Å². The molecule has 0 aromatic rings. The molecule has 0 aliphatic carbocycles. The van der Waals surface area contributed by atoms with Crippen LogP contribution in [0.1, 0.15) is 25.7 Å². The van der Waals surface area contributed by atoms with Crippen LogP contribution in [0.2, 0.25) is 0 Å². The lowest BCUT2D eigenvalue weighted by Gasteiger charge is -2.37. The fourth-order valence-corrected chi connectivity index (χ4v) is 2.29. The zero-order chi connectivity index (χ0) is 10.9. The molecule has 5 nitrogen and oxygen atoms in total. The summed E-state index contributed by atoms with van der Waals surface area (Å²) in [6.45, 7) is 2.29. The van der Waals surface area contributed by atoms with Crippen LogP contribution < -0.4 is 0 Å². The number of hydrogen-bond donors (Lipinski definition) is 2. The van der Waals surface area contributed by atoms with Crippen molar-refractivity contribution in [2.24, 2.45) is 0 Å². The Morgan fingerprint density at radius 2 is 1.60 bits per heavy atom. The minimum absolute atomic E-state index is 0.0420. The Labute approximate surface area is 89.3 Å². The number of amides is 2. The molecule has 0 bridgehead atoms. The second-order valence-corrected chi connectivity index (χ2v) is 4.48. The van der Waals surface area contributed by atoms with Crippen molar-refractivity contribution < 1.29 is 15.0 Å². The minimum Gasteiger partial charge on any atom is -0.364 e. The summed E-state index contributed by atoms with van der Waals surface area (Å²) in [6.07, 6.45) is 3.13. The fraction of sp³-hybridized carbons (Fsp3) is 0.900. The monoisotopic (exact) mass is 214 g/mol. The minimum atomic E-state index is -1.69. The summed E-state index contributed by atoms with van der Waals surface area (Å²) in [7, 11) is 0. The standard InChI is InChI=1S/C10H18N2O3/c13-9(11-5-1-2-6-11)12-7-3-4-10(14,15)8-12/h14-15H,1-8H2. The molecule has 0 atom stereocenters. The molecule has 0 saturated carbocycles. The molecule has 2 fully saturated rings. The summed E-state index contributed by atoms with van der Waals surface area (Å²) >= 11 is 0. The van der Waals surface area contributed by atoms with Crippen LogP contribution in [0.15, 0.2) is 0 Å². The van der Waals surface area contributed by atoms with E-state index in [2.05, 4.69) is 0 Å². The van der Waals surface area contributed by atoms with Gasteiger partial charge in [-0.2, -0.15) is 0 Å². The van der Waals surface area contributed by atoms with E-state index in [1.807, 2.05) is 0 Å². The van der Waals surface area contributed by atoms with E-state index in [9.17, 15) is 15.0 Å². The van der Waals surface area contributed by atoms with Crippen LogP contribution in [0.3, 0.4) is 0 Å². The molecule has 0 unspecified atom stereocenters. The quantitative estimate of drug-likeness (QED) is 0.557. The van der Waals surface area contributed by atoms with Crippen LogP contribution in [-0.4, -0.2) is 58.0 Å². The smallest absolute Gasteiger partial charge is 0.320 e. The van der Waals surface area contributed by atoms with Crippen molar-refractivity contribution in [1.82, 2.24) is 9.80 Å². The Balaban J connectivity index is 1.94. The highest BCUT2D eigenvalue weighted by molar-refractivity contribution is 5.74. The predicted molar refractivity (Wildman–Crippen MR) is 54.2 cm³/mol. The maximum atomic E-state index is 11.9. The first kappa shape index (κ1) is 10.7. The maximum Gasteiger partial charge on any atom is 0.320 e. The fourth-order valence-electron chi connectivity index (χ4n) is 2.29. The van der Waals surface area contributed by atoms with Gasteiger partial charge in [0.25, 0.3) is 0 Å². The molecule has 15 heavy (non-hydrogen) atoms. The lowest BCUT2D eigenvalue weighted by atomic mass is 10.1. The third-order valence-electron chi connectivity index (χ3n) is 3.10. The Hall–Kier alpha value is -0.810. The number of hydrogen-bond acceptors (Lipinski definition) is 3. The third kappa shape index (κ3) is 2.41. The molecule has 0 radical (unpaired) electrons. The Morgan fingerprint density at radius 3 is 2.20 bits per heavy atom. The molecule has 0 aromatic heterocycles. The van der Waals surface area contributed by atoms with Gasteiger partial charge in [0.15, 0.2) is 5.79 Å². The van der Waals surface area contributed by atoms with Crippen molar-refractivity contribution in [3.05, 3.63) is 0 Å². The summed E-state index contributed by atoms with van der Waals surface area (Å²) in [6, 6.07) is -0.0420. The molecule has 2 N–H and O–H groups in total. The van der Waals surface area contributed by atoms with Gasteiger partial charge >= 0.3 is 6.03 Å². The van der Waals surface area contributed by atoms with Gasteiger partial charge in [0.1, 0.15) is 0 Å². The van der Waals surface area contributed by atoms with Gasteiger partial charge in [0, 0.05) is 26.1 Å². The lowest BCUT2D eigenvalue weighted by Crippen LogP contribution is -2.53. The average Bonchev–Trinajstić information content (AvgIpc) is 2.67. The summed E-state index contributed by atoms with van der Waals surface area (Å²) in [5, 5.41) is 19.0. The average molecular weight is 214 g/mol. The van der Waals surface area contributed by atoms with Gasteiger partial charge in [-0.05, 0) is 19.3 Å². The zero-order valence-corrected chi connectivity index (χ0v) is 8.85. The molecular weight excluding hydrogens is 196 g/mol. The van der Waals surface area contributed by atoms with Crippen molar-refractivity contribution in [3.63, 3.8) is 0 Å². The number of carbonyl (C=O) groups excluding carboxylic acids is 1. The van der Waals surface area contributed by atoms with Gasteiger partial charge < -0.3 is 20.0 Å². The largest absolute Gasteiger partial charge is 0.364 e. The van der Waals surface area contributed by atoms with Gasteiger partial charge in [-0.3, -0.25) is 0 Å². The van der Waals surface area contributed by atoms with Crippen molar-refractivity contribution in [1.29, 1.82) is 0 Å². The summed E-state index contributed by atoms with van der Waals surface area (Å²) < 4.78 is 0. The SMILES string of the molecule is O=C(N1CCCC1)N1CCCC(O)(O)C1. The highest BCUT2D eigenvalue weighted by Gasteiger charge is 2.35. The van der Waals surface area contributed by atoms with Crippen LogP contribution >= 0.6 is 0 Å². The van der Waals surface area contributed by atoms with Gasteiger partial charge in [-0.25, -0.2) is 4.79 Å². The molecule has 2 aliphatic heterocycles. The molecular formula is C10H18N2O3. The normalized spacial score (nSPS) is 25.7. The second-order valence-electron chi connectivity index (χ2n) is 4.48. The van der Waals surface area contributed by atoms with Crippen LogP contribution in [0, 0.1) is 0 Å². The first-order valence-electron chi connectivity index (χ1n) is 5.57. The molecule has 0 spiro atoms. The third-order valence-corrected chi connectivity index (χ3v) is 3.10. The Kier molecular flexibility index (Phi) is 2.84. The first-order valence-corrected chi connectivity index (χ1v) is 5.57. The number of likely N-dealkylation sites (tertiary alicyclic amines) is 2. The van der Waals surface area contributed by atoms with E-state index in [0.29, 0.717) is 19.4 Å². The molecule has 5 heteroatoms. The van der Waals surface area contributed by atoms with Gasteiger partial charge in [-0.15, -0.1) is 0 Å². The van der Waals surface area contributed by atoms with Crippen LogP contribution in [0.4, 0.5) is 4.79 Å². The van der Waals surface area contributed by atoms with E-state index in [-0.39, 0.29) is 12.6 Å². The van der Waals surface area contributed by atoms with E-state index in [1.165, 1.54) is 0 Å². The number of rotatable bonds is 0. The number of carbonyl (C=O) groups is 1. The van der Waals surface area contributed by atoms with Gasteiger partial charge in [0.2, 0.25) is 0 Å².